The maximum absolute atomic E-state index is 12.9. The average molecular weight is 442 g/mol. The summed E-state index contributed by atoms with van der Waals surface area (Å²) in [5.74, 6) is -0.0778. The van der Waals surface area contributed by atoms with Gasteiger partial charge in [0.05, 0.1) is 6.10 Å². The van der Waals surface area contributed by atoms with Crippen molar-refractivity contribution >= 4 is 17.7 Å². The molecule has 3 atom stereocenters. The van der Waals surface area contributed by atoms with Gasteiger partial charge in [-0.15, -0.1) is 0 Å². The Balaban J connectivity index is 1.28. The van der Waals surface area contributed by atoms with Gasteiger partial charge in [0.25, 0.3) is 5.91 Å². The first-order valence-corrected chi connectivity index (χ1v) is 11.9. The number of fused-ring (bicyclic) bond motifs is 1. The third-order valence-corrected chi connectivity index (χ3v) is 7.42. The highest BCUT2D eigenvalue weighted by Gasteiger charge is 2.39. The van der Waals surface area contributed by atoms with Crippen LogP contribution in [0.25, 0.3) is 0 Å². The lowest BCUT2D eigenvalue weighted by Crippen LogP contribution is -2.52. The Hall–Kier alpha value is -2.45. The van der Waals surface area contributed by atoms with E-state index in [-0.39, 0.29) is 30.4 Å². The van der Waals surface area contributed by atoms with Crippen LogP contribution in [0.2, 0.25) is 0 Å². The highest BCUT2D eigenvalue weighted by molar-refractivity contribution is 6.05. The molecule has 1 aliphatic carbocycles. The van der Waals surface area contributed by atoms with Crippen LogP contribution < -0.4 is 10.1 Å². The number of carbonyl (C=O) groups excluding carboxylic acids is 3. The van der Waals surface area contributed by atoms with Gasteiger partial charge < -0.3 is 14.7 Å². The largest absolute Gasteiger partial charge is 0.489 e. The number of imide groups is 1. The van der Waals surface area contributed by atoms with E-state index in [0.717, 1.165) is 56.5 Å². The first-order valence-electron chi connectivity index (χ1n) is 11.9. The van der Waals surface area contributed by atoms with Crippen LogP contribution in [0.1, 0.15) is 67.3 Å². The van der Waals surface area contributed by atoms with Crippen molar-refractivity contribution in [1.82, 2.24) is 15.1 Å². The summed E-state index contributed by atoms with van der Waals surface area (Å²) in [6, 6.07) is 5.34. The molecule has 2 saturated heterocycles. The quantitative estimate of drug-likeness (QED) is 0.689. The SMILES string of the molecule is O=C1CCC(N2Cc3cc(O[C@H]4CCCC[C@@H]4N4CCC(O)CC4)ccc3C2=O)C(=O)N1. The number of likely N-dealkylation sites (tertiary alicyclic amines) is 1. The predicted octanol–water partition coefficient (Wildman–Crippen LogP) is 1.59. The summed E-state index contributed by atoms with van der Waals surface area (Å²) in [6.07, 6.45) is 6.61. The van der Waals surface area contributed by atoms with Crippen molar-refractivity contribution in [2.45, 2.75) is 82.2 Å². The van der Waals surface area contributed by atoms with E-state index in [1.54, 1.807) is 11.0 Å². The van der Waals surface area contributed by atoms with Crippen molar-refractivity contribution in [2.75, 3.05) is 13.1 Å². The molecular formula is C24H31N3O5. The van der Waals surface area contributed by atoms with E-state index in [1.165, 1.54) is 6.42 Å². The number of amides is 3. The van der Waals surface area contributed by atoms with Crippen LogP contribution in [0.15, 0.2) is 18.2 Å². The summed E-state index contributed by atoms with van der Waals surface area (Å²) in [5.41, 5.74) is 1.47. The summed E-state index contributed by atoms with van der Waals surface area (Å²) in [7, 11) is 0. The number of rotatable bonds is 4. The molecule has 1 aromatic carbocycles. The molecule has 0 bridgehead atoms. The van der Waals surface area contributed by atoms with Crippen molar-refractivity contribution in [3.8, 4) is 5.75 Å². The molecule has 1 unspecified atom stereocenters. The number of benzene rings is 1. The molecule has 32 heavy (non-hydrogen) atoms. The zero-order valence-corrected chi connectivity index (χ0v) is 18.3. The fourth-order valence-electron chi connectivity index (χ4n) is 5.65. The van der Waals surface area contributed by atoms with Gasteiger partial charge in [0.15, 0.2) is 0 Å². The van der Waals surface area contributed by atoms with Gasteiger partial charge >= 0.3 is 0 Å². The molecule has 172 valence electrons. The number of nitrogens with zero attached hydrogens (tertiary/aromatic N) is 2. The molecule has 1 saturated carbocycles. The molecule has 3 amide bonds. The summed E-state index contributed by atoms with van der Waals surface area (Å²) in [4.78, 5) is 40.7. The monoisotopic (exact) mass is 441 g/mol. The van der Waals surface area contributed by atoms with Gasteiger partial charge in [-0.05, 0) is 62.3 Å². The second kappa shape index (κ2) is 8.83. The van der Waals surface area contributed by atoms with E-state index < -0.39 is 11.9 Å². The summed E-state index contributed by atoms with van der Waals surface area (Å²) in [6.45, 7) is 2.17. The standard InChI is InChI=1S/C24H31N3O5/c28-16-9-11-26(12-10-16)19-3-1-2-4-21(19)32-17-5-6-18-15(13-17)14-27(24(18)31)20-7-8-22(29)25-23(20)30/h5-6,13,16,19-21,28H,1-4,7-12,14H2,(H,25,29,30)/t19-,20?,21-/m0/s1. The van der Waals surface area contributed by atoms with Crippen LogP contribution in [0.4, 0.5) is 0 Å². The molecule has 0 radical (unpaired) electrons. The molecule has 1 aromatic rings. The molecule has 3 aliphatic heterocycles. The number of piperidine rings is 2. The fourth-order valence-corrected chi connectivity index (χ4v) is 5.65. The number of hydrogen-bond donors (Lipinski definition) is 2. The van der Waals surface area contributed by atoms with Crippen LogP contribution in [-0.2, 0) is 16.1 Å². The van der Waals surface area contributed by atoms with Gasteiger partial charge in [0.2, 0.25) is 11.8 Å². The molecule has 2 N–H and O–H groups in total. The molecule has 3 heterocycles. The van der Waals surface area contributed by atoms with Crippen LogP contribution in [0.5, 0.6) is 5.75 Å². The number of aliphatic hydroxyl groups excluding tert-OH is 1. The minimum absolute atomic E-state index is 0.0976. The minimum atomic E-state index is -0.603. The molecule has 0 spiro atoms. The smallest absolute Gasteiger partial charge is 0.255 e. The van der Waals surface area contributed by atoms with Gasteiger partial charge in [0.1, 0.15) is 17.9 Å². The number of aliphatic hydroxyl groups is 1. The van der Waals surface area contributed by atoms with Crippen LogP contribution in [0.3, 0.4) is 0 Å². The van der Waals surface area contributed by atoms with E-state index in [0.29, 0.717) is 24.6 Å². The molecule has 3 fully saturated rings. The second-order valence-electron chi connectivity index (χ2n) is 9.49. The van der Waals surface area contributed by atoms with Crippen molar-refractivity contribution in [3.05, 3.63) is 29.3 Å². The van der Waals surface area contributed by atoms with E-state index in [9.17, 15) is 19.5 Å². The molecule has 4 aliphatic rings. The van der Waals surface area contributed by atoms with Crippen molar-refractivity contribution in [2.24, 2.45) is 0 Å². The van der Waals surface area contributed by atoms with Crippen molar-refractivity contribution in [3.63, 3.8) is 0 Å². The van der Waals surface area contributed by atoms with Crippen LogP contribution in [-0.4, -0.2) is 70.0 Å². The van der Waals surface area contributed by atoms with E-state index in [2.05, 4.69) is 10.2 Å². The Morgan fingerprint density at radius 1 is 1.00 bits per heavy atom. The van der Waals surface area contributed by atoms with Crippen molar-refractivity contribution in [1.29, 1.82) is 0 Å². The lowest BCUT2D eigenvalue weighted by molar-refractivity contribution is -0.136. The summed E-state index contributed by atoms with van der Waals surface area (Å²) < 4.78 is 6.47. The molecular weight excluding hydrogens is 410 g/mol. The lowest BCUT2D eigenvalue weighted by atomic mass is 9.89. The Labute approximate surface area is 187 Å². The molecule has 0 aromatic heterocycles. The summed E-state index contributed by atoms with van der Waals surface area (Å²) in [5, 5.41) is 12.2. The highest BCUT2D eigenvalue weighted by Crippen LogP contribution is 2.33. The van der Waals surface area contributed by atoms with Gasteiger partial charge in [-0.2, -0.15) is 0 Å². The third kappa shape index (κ3) is 4.13. The fraction of sp³-hybridized carbons (Fsp3) is 0.625. The first-order chi connectivity index (χ1) is 15.5. The van der Waals surface area contributed by atoms with Crippen LogP contribution >= 0.6 is 0 Å². The van der Waals surface area contributed by atoms with Crippen molar-refractivity contribution < 1.29 is 24.2 Å². The molecule has 8 heteroatoms. The normalized spacial score (nSPS) is 29.7. The maximum Gasteiger partial charge on any atom is 0.255 e. The number of hydrogen-bond acceptors (Lipinski definition) is 6. The minimum Gasteiger partial charge on any atom is -0.489 e. The Bertz CT molecular complexity index is 911. The van der Waals surface area contributed by atoms with Gasteiger partial charge in [-0.1, -0.05) is 6.42 Å². The molecule has 8 nitrogen and oxygen atoms in total. The van der Waals surface area contributed by atoms with Gasteiger partial charge in [-0.25, -0.2) is 0 Å². The Morgan fingerprint density at radius 3 is 2.56 bits per heavy atom. The Kier molecular flexibility index (Phi) is 5.90. The average Bonchev–Trinajstić information content (AvgIpc) is 3.10. The summed E-state index contributed by atoms with van der Waals surface area (Å²) >= 11 is 0. The maximum atomic E-state index is 12.9. The predicted molar refractivity (Wildman–Crippen MR) is 116 cm³/mol. The Morgan fingerprint density at radius 2 is 1.78 bits per heavy atom. The highest BCUT2D eigenvalue weighted by atomic mass is 16.5. The lowest BCUT2D eigenvalue weighted by Gasteiger charge is -2.42. The van der Waals surface area contributed by atoms with Gasteiger partial charge in [-0.3, -0.25) is 24.6 Å². The number of carbonyl (C=O) groups is 3. The topological polar surface area (TPSA) is 99.2 Å². The number of nitrogens with one attached hydrogen (secondary N) is 1. The molecule has 5 rings (SSSR count). The van der Waals surface area contributed by atoms with Crippen LogP contribution in [0, 0.1) is 0 Å². The van der Waals surface area contributed by atoms with E-state index in [1.807, 2.05) is 12.1 Å². The number of ether oxygens (including phenoxy) is 1. The third-order valence-electron chi connectivity index (χ3n) is 7.42. The van der Waals surface area contributed by atoms with E-state index in [4.69, 9.17) is 4.74 Å². The zero-order valence-electron chi connectivity index (χ0n) is 18.3. The van der Waals surface area contributed by atoms with Gasteiger partial charge in [0, 0.05) is 37.7 Å². The first kappa shape index (κ1) is 21.4. The van der Waals surface area contributed by atoms with E-state index >= 15 is 0 Å². The zero-order chi connectivity index (χ0) is 22.2. The second-order valence-corrected chi connectivity index (χ2v) is 9.49.